The summed E-state index contributed by atoms with van der Waals surface area (Å²) in [5.74, 6) is -0.136. The van der Waals surface area contributed by atoms with Crippen LogP contribution in [0, 0.1) is 0 Å². The Bertz CT molecular complexity index is 949. The van der Waals surface area contributed by atoms with Crippen molar-refractivity contribution in [2.24, 2.45) is 0 Å². The van der Waals surface area contributed by atoms with E-state index < -0.39 is 0 Å². The van der Waals surface area contributed by atoms with Crippen molar-refractivity contribution >= 4 is 34.2 Å². The Morgan fingerprint density at radius 3 is 2.81 bits per heavy atom. The molecule has 3 aromatic rings. The number of carbonyl (C=O) groups excluding carboxylic acids is 2. The molecule has 0 spiro atoms. The number of piperazine rings is 1. The van der Waals surface area contributed by atoms with Crippen molar-refractivity contribution in [3.8, 4) is 0 Å². The minimum atomic E-state index is -0.158. The maximum Gasteiger partial charge on any atom is 0.239 e. The zero-order chi connectivity index (χ0) is 17.9. The number of hydrogen-bond donors (Lipinski definition) is 2. The van der Waals surface area contributed by atoms with Crippen LogP contribution in [0.25, 0.3) is 11.0 Å². The first-order valence-corrected chi connectivity index (χ1v) is 8.44. The monoisotopic (exact) mass is 350 g/mol. The molecule has 0 aliphatic carbocycles. The van der Waals surface area contributed by atoms with Gasteiger partial charge in [-0.2, -0.15) is 0 Å². The Labute approximate surface area is 150 Å². The van der Waals surface area contributed by atoms with E-state index in [0.717, 1.165) is 17.6 Å². The molecule has 2 heterocycles. The lowest BCUT2D eigenvalue weighted by molar-refractivity contribution is -0.120. The summed E-state index contributed by atoms with van der Waals surface area (Å²) in [4.78, 5) is 25.8. The number of hydrogen-bond acceptors (Lipinski definition) is 5. The van der Waals surface area contributed by atoms with E-state index in [2.05, 4.69) is 15.8 Å². The van der Waals surface area contributed by atoms with Crippen LogP contribution >= 0.6 is 0 Å². The largest absolute Gasteiger partial charge is 0.360 e. The van der Waals surface area contributed by atoms with E-state index in [9.17, 15) is 9.59 Å². The first-order chi connectivity index (χ1) is 12.7. The van der Waals surface area contributed by atoms with Gasteiger partial charge in [0.15, 0.2) is 5.58 Å². The molecule has 7 heteroatoms. The van der Waals surface area contributed by atoms with E-state index in [0.29, 0.717) is 30.1 Å². The van der Waals surface area contributed by atoms with Crippen LogP contribution in [0.3, 0.4) is 0 Å². The van der Waals surface area contributed by atoms with Gasteiger partial charge in [-0.1, -0.05) is 17.3 Å². The Kier molecular flexibility index (Phi) is 4.27. The molecule has 0 saturated carbocycles. The van der Waals surface area contributed by atoms with E-state index in [1.54, 1.807) is 0 Å². The summed E-state index contributed by atoms with van der Waals surface area (Å²) in [6.07, 6.45) is 0.144. The third-order valence-electron chi connectivity index (χ3n) is 4.33. The predicted octanol–water partition coefficient (Wildman–Crippen LogP) is 1.95. The first-order valence-electron chi connectivity index (χ1n) is 8.44. The molecule has 0 atom stereocenters. The van der Waals surface area contributed by atoms with Crippen molar-refractivity contribution < 1.29 is 14.1 Å². The molecule has 0 radical (unpaired) electrons. The lowest BCUT2D eigenvalue weighted by Crippen LogP contribution is -2.47. The number of anilines is 2. The lowest BCUT2D eigenvalue weighted by Gasteiger charge is -2.28. The van der Waals surface area contributed by atoms with E-state index in [1.165, 1.54) is 0 Å². The van der Waals surface area contributed by atoms with Crippen molar-refractivity contribution in [2.45, 2.75) is 6.42 Å². The molecule has 1 fully saturated rings. The van der Waals surface area contributed by atoms with Crippen LogP contribution in [-0.2, 0) is 16.0 Å². The minimum Gasteiger partial charge on any atom is -0.360 e. The topological polar surface area (TPSA) is 87.5 Å². The van der Waals surface area contributed by atoms with Crippen LogP contribution in [-0.4, -0.2) is 36.6 Å². The van der Waals surface area contributed by atoms with Gasteiger partial charge in [-0.05, 0) is 36.4 Å². The molecule has 1 aliphatic heterocycles. The van der Waals surface area contributed by atoms with E-state index in [-0.39, 0.29) is 18.2 Å². The van der Waals surface area contributed by atoms with Gasteiger partial charge in [-0.3, -0.25) is 9.59 Å². The molecule has 2 aromatic carbocycles. The van der Waals surface area contributed by atoms with Crippen molar-refractivity contribution in [2.75, 3.05) is 29.9 Å². The van der Waals surface area contributed by atoms with Crippen LogP contribution in [0.1, 0.15) is 5.69 Å². The van der Waals surface area contributed by atoms with Gasteiger partial charge in [-0.25, -0.2) is 0 Å². The molecular weight excluding hydrogens is 332 g/mol. The molecular formula is C19H18N4O3. The van der Waals surface area contributed by atoms with Crippen molar-refractivity contribution in [3.63, 3.8) is 0 Å². The average molecular weight is 350 g/mol. The molecule has 0 bridgehead atoms. The van der Waals surface area contributed by atoms with Gasteiger partial charge in [0.25, 0.3) is 0 Å². The fourth-order valence-electron chi connectivity index (χ4n) is 3.04. The fraction of sp³-hybridized carbons (Fsp3) is 0.211. The predicted molar refractivity (Wildman–Crippen MR) is 98.0 cm³/mol. The molecule has 1 saturated heterocycles. The van der Waals surface area contributed by atoms with Crippen molar-refractivity contribution in [3.05, 3.63) is 54.2 Å². The molecule has 7 nitrogen and oxygen atoms in total. The maximum atomic E-state index is 12.3. The van der Waals surface area contributed by atoms with Crippen LogP contribution in [0.4, 0.5) is 11.4 Å². The number of amides is 2. The van der Waals surface area contributed by atoms with E-state index in [4.69, 9.17) is 4.52 Å². The number of nitrogens with one attached hydrogen (secondary N) is 2. The minimum absolute atomic E-state index is 0.0217. The highest BCUT2D eigenvalue weighted by Gasteiger charge is 2.16. The van der Waals surface area contributed by atoms with Gasteiger partial charge in [0, 0.05) is 29.9 Å². The molecule has 2 N–H and O–H groups in total. The number of rotatable bonds is 4. The molecule has 1 aliphatic rings. The number of benzene rings is 2. The Morgan fingerprint density at radius 2 is 2.00 bits per heavy atom. The first kappa shape index (κ1) is 16.1. The number of aromatic nitrogens is 1. The van der Waals surface area contributed by atoms with Crippen LogP contribution in [0.15, 0.2) is 53.1 Å². The zero-order valence-electron chi connectivity index (χ0n) is 14.1. The maximum absolute atomic E-state index is 12.3. The highest BCUT2D eigenvalue weighted by atomic mass is 16.5. The lowest BCUT2D eigenvalue weighted by atomic mass is 10.1. The third kappa shape index (κ3) is 3.37. The highest BCUT2D eigenvalue weighted by Crippen LogP contribution is 2.20. The summed E-state index contributed by atoms with van der Waals surface area (Å²) in [7, 11) is 0. The summed E-state index contributed by atoms with van der Waals surface area (Å²) in [6.45, 7) is 1.77. The summed E-state index contributed by atoms with van der Waals surface area (Å²) in [5.41, 5.74) is 2.95. The number of para-hydroxylation sites is 1. The second-order valence-corrected chi connectivity index (χ2v) is 6.17. The van der Waals surface area contributed by atoms with Crippen LogP contribution in [0.5, 0.6) is 0 Å². The fourth-order valence-corrected chi connectivity index (χ4v) is 3.04. The van der Waals surface area contributed by atoms with Crippen molar-refractivity contribution in [1.82, 2.24) is 10.5 Å². The average Bonchev–Trinajstić information content (AvgIpc) is 3.05. The van der Waals surface area contributed by atoms with E-state index >= 15 is 0 Å². The molecule has 4 rings (SSSR count). The second kappa shape index (κ2) is 6.87. The summed E-state index contributed by atoms with van der Waals surface area (Å²) < 4.78 is 5.22. The Balaban J connectivity index is 1.40. The summed E-state index contributed by atoms with van der Waals surface area (Å²) in [6, 6.07) is 14.9. The normalized spacial score (nSPS) is 14.3. The van der Waals surface area contributed by atoms with Gasteiger partial charge in [0.1, 0.15) is 5.69 Å². The van der Waals surface area contributed by atoms with Gasteiger partial charge in [-0.15, -0.1) is 0 Å². The quantitative estimate of drug-likeness (QED) is 0.751. The highest BCUT2D eigenvalue weighted by molar-refractivity contribution is 5.94. The number of fused-ring (bicyclic) bond motifs is 1. The van der Waals surface area contributed by atoms with Gasteiger partial charge >= 0.3 is 0 Å². The zero-order valence-corrected chi connectivity index (χ0v) is 14.1. The van der Waals surface area contributed by atoms with Gasteiger partial charge in [0.05, 0.1) is 13.0 Å². The van der Waals surface area contributed by atoms with Crippen LogP contribution in [0.2, 0.25) is 0 Å². The molecule has 0 unspecified atom stereocenters. The molecule has 2 amide bonds. The summed E-state index contributed by atoms with van der Waals surface area (Å²) in [5, 5.41) is 10.5. The smallest absolute Gasteiger partial charge is 0.239 e. The SMILES string of the molecule is O=C1CN(c2ccc(NC(=O)Cc3noc4ccccc34)cc2)CCN1. The standard InChI is InChI=1S/C19H18N4O3/c24-18(11-16-15-3-1-2-4-17(15)26-22-16)21-13-5-7-14(8-6-13)23-10-9-20-19(25)12-23/h1-8H,9-12H2,(H,20,25)(H,21,24). The number of carbonyl (C=O) groups is 2. The number of nitrogens with zero attached hydrogens (tertiary/aromatic N) is 2. The van der Waals surface area contributed by atoms with Crippen LogP contribution < -0.4 is 15.5 Å². The molecule has 26 heavy (non-hydrogen) atoms. The second-order valence-electron chi connectivity index (χ2n) is 6.17. The van der Waals surface area contributed by atoms with Gasteiger partial charge < -0.3 is 20.1 Å². The van der Waals surface area contributed by atoms with Crippen molar-refractivity contribution in [1.29, 1.82) is 0 Å². The Morgan fingerprint density at radius 1 is 1.19 bits per heavy atom. The van der Waals surface area contributed by atoms with E-state index in [1.807, 2.05) is 53.4 Å². The Hall–Kier alpha value is -3.35. The summed E-state index contributed by atoms with van der Waals surface area (Å²) >= 11 is 0. The third-order valence-corrected chi connectivity index (χ3v) is 4.33. The van der Waals surface area contributed by atoms with Gasteiger partial charge in [0.2, 0.25) is 11.8 Å². The molecule has 132 valence electrons. The molecule has 1 aromatic heterocycles.